The molecule has 1 saturated heterocycles. The number of pyridine rings is 1. The Morgan fingerprint density at radius 1 is 1.21 bits per heavy atom. The van der Waals surface area contributed by atoms with E-state index in [1.54, 1.807) is 0 Å². The lowest BCUT2D eigenvalue weighted by Crippen LogP contribution is -2.48. The third kappa shape index (κ3) is 4.14. The van der Waals surface area contributed by atoms with Gasteiger partial charge in [-0.3, -0.25) is 9.69 Å². The number of fused-ring (bicyclic) bond motifs is 1. The Kier molecular flexibility index (Phi) is 5.56. The van der Waals surface area contributed by atoms with Crippen molar-refractivity contribution in [3.05, 3.63) is 57.9 Å². The molecule has 1 amide bonds. The molecule has 1 aromatic carbocycles. The van der Waals surface area contributed by atoms with E-state index in [-0.39, 0.29) is 11.8 Å². The molecule has 0 N–H and O–H groups in total. The molecule has 3 heterocycles. The summed E-state index contributed by atoms with van der Waals surface area (Å²) < 4.78 is 5.36. The van der Waals surface area contributed by atoms with Crippen LogP contribution in [0.25, 0.3) is 11.1 Å². The van der Waals surface area contributed by atoms with Crippen LogP contribution < -0.4 is 0 Å². The summed E-state index contributed by atoms with van der Waals surface area (Å²) in [6, 6.07) is 9.83. The van der Waals surface area contributed by atoms with Crippen LogP contribution in [0.4, 0.5) is 0 Å². The highest BCUT2D eigenvalue weighted by molar-refractivity contribution is 6.30. The van der Waals surface area contributed by atoms with Crippen molar-refractivity contribution in [3.63, 3.8) is 0 Å². The fourth-order valence-corrected chi connectivity index (χ4v) is 3.96. The number of aryl methyl sites for hydroxylation is 1. The highest BCUT2D eigenvalue weighted by atomic mass is 35.5. The topological polar surface area (TPSA) is 62.5 Å². The van der Waals surface area contributed by atoms with Gasteiger partial charge in [0.15, 0.2) is 0 Å². The van der Waals surface area contributed by atoms with E-state index in [1.807, 2.05) is 36.1 Å². The molecule has 7 heteroatoms. The summed E-state index contributed by atoms with van der Waals surface area (Å²) in [7, 11) is 0. The molecule has 0 bridgehead atoms. The number of benzene rings is 1. The van der Waals surface area contributed by atoms with Crippen LogP contribution in [-0.2, 0) is 6.54 Å². The second kappa shape index (κ2) is 8.13. The van der Waals surface area contributed by atoms with Crippen LogP contribution in [0, 0.1) is 6.92 Å². The quantitative estimate of drug-likeness (QED) is 0.640. The number of halogens is 1. The number of carbonyl (C=O) groups is 1. The molecule has 3 aromatic rings. The van der Waals surface area contributed by atoms with Crippen LogP contribution in [0.1, 0.15) is 47.1 Å². The Morgan fingerprint density at radius 3 is 2.66 bits per heavy atom. The monoisotopic (exact) mass is 412 g/mol. The fourth-order valence-electron chi connectivity index (χ4n) is 3.75. The molecular weight excluding hydrogens is 388 g/mol. The number of aromatic nitrogens is 2. The Hall–Kier alpha value is -2.44. The van der Waals surface area contributed by atoms with Crippen LogP contribution in [0.3, 0.4) is 0 Å². The van der Waals surface area contributed by atoms with Gasteiger partial charge in [0.1, 0.15) is 0 Å². The van der Waals surface area contributed by atoms with Crippen LogP contribution in [0.15, 0.2) is 34.9 Å². The van der Waals surface area contributed by atoms with Gasteiger partial charge in [0.2, 0.25) is 0 Å². The second-order valence-electron chi connectivity index (χ2n) is 7.90. The first-order chi connectivity index (χ1) is 13.9. The SMILES string of the molecule is Cc1noc2nc(C(C)C)cc(C(=O)N3CCN(Cc4cccc(Cl)c4)CC3)c12. The maximum atomic E-state index is 13.3. The smallest absolute Gasteiger partial charge is 0.259 e. The number of piperazine rings is 1. The van der Waals surface area contributed by atoms with Crippen LogP contribution in [-0.4, -0.2) is 52.0 Å². The van der Waals surface area contributed by atoms with Crippen molar-refractivity contribution in [3.8, 4) is 0 Å². The number of hydrogen-bond acceptors (Lipinski definition) is 5. The number of hydrogen-bond donors (Lipinski definition) is 0. The van der Waals surface area contributed by atoms with Gasteiger partial charge < -0.3 is 9.42 Å². The molecular formula is C22H25ClN4O2. The van der Waals surface area contributed by atoms with Crippen molar-refractivity contribution in [2.24, 2.45) is 0 Å². The van der Waals surface area contributed by atoms with E-state index < -0.39 is 0 Å². The van der Waals surface area contributed by atoms with Crippen LogP contribution in [0.5, 0.6) is 0 Å². The second-order valence-corrected chi connectivity index (χ2v) is 8.33. The van der Waals surface area contributed by atoms with Gasteiger partial charge in [-0.1, -0.05) is 42.7 Å². The predicted molar refractivity (Wildman–Crippen MR) is 113 cm³/mol. The number of nitrogens with zero attached hydrogens (tertiary/aromatic N) is 4. The molecule has 0 radical (unpaired) electrons. The lowest BCUT2D eigenvalue weighted by Gasteiger charge is -2.35. The number of amides is 1. The van der Waals surface area contributed by atoms with E-state index >= 15 is 0 Å². The van der Waals surface area contributed by atoms with Crippen LogP contribution >= 0.6 is 11.6 Å². The van der Waals surface area contributed by atoms with Crippen molar-refractivity contribution in [1.82, 2.24) is 19.9 Å². The Bertz CT molecular complexity index is 1040. The molecule has 0 spiro atoms. The normalized spacial score (nSPS) is 15.4. The summed E-state index contributed by atoms with van der Waals surface area (Å²) >= 11 is 6.09. The van der Waals surface area contributed by atoms with E-state index in [2.05, 4.69) is 35.0 Å². The molecule has 4 rings (SSSR count). The first kappa shape index (κ1) is 19.9. The van der Waals surface area contributed by atoms with Crippen molar-refractivity contribution >= 4 is 28.6 Å². The van der Waals surface area contributed by atoms with Crippen molar-refractivity contribution < 1.29 is 9.32 Å². The summed E-state index contributed by atoms with van der Waals surface area (Å²) in [6.45, 7) is 9.82. The Morgan fingerprint density at radius 2 is 1.97 bits per heavy atom. The maximum Gasteiger partial charge on any atom is 0.259 e. The highest BCUT2D eigenvalue weighted by Gasteiger charge is 2.26. The molecule has 1 aliphatic rings. The summed E-state index contributed by atoms with van der Waals surface area (Å²) in [5.74, 6) is 0.221. The average molecular weight is 413 g/mol. The zero-order valence-electron chi connectivity index (χ0n) is 17.0. The van der Waals surface area contributed by atoms with E-state index in [0.29, 0.717) is 30.1 Å². The molecule has 0 unspecified atom stereocenters. The van der Waals surface area contributed by atoms with Crippen molar-refractivity contribution in [2.75, 3.05) is 26.2 Å². The van der Waals surface area contributed by atoms with E-state index in [1.165, 1.54) is 5.56 Å². The molecule has 6 nitrogen and oxygen atoms in total. The average Bonchev–Trinajstić information content (AvgIpc) is 3.08. The van der Waals surface area contributed by atoms with Gasteiger partial charge in [-0.2, -0.15) is 0 Å². The van der Waals surface area contributed by atoms with Gasteiger partial charge in [-0.25, -0.2) is 4.98 Å². The van der Waals surface area contributed by atoms with Gasteiger partial charge in [-0.05, 0) is 36.6 Å². The van der Waals surface area contributed by atoms with Crippen molar-refractivity contribution in [2.45, 2.75) is 33.2 Å². The van der Waals surface area contributed by atoms with Crippen molar-refractivity contribution in [1.29, 1.82) is 0 Å². The van der Waals surface area contributed by atoms with Gasteiger partial charge in [0, 0.05) is 43.4 Å². The molecule has 0 saturated carbocycles. The standard InChI is InChI=1S/C22H25ClN4O2/c1-14(2)19-12-18(20-15(3)25-29-21(20)24-19)22(28)27-9-7-26(8-10-27)13-16-5-4-6-17(23)11-16/h4-6,11-12,14H,7-10,13H2,1-3H3. The van der Waals surface area contributed by atoms with E-state index in [0.717, 1.165) is 35.7 Å². The molecule has 1 aliphatic heterocycles. The molecule has 0 atom stereocenters. The molecule has 2 aromatic heterocycles. The van der Waals surface area contributed by atoms with Gasteiger partial charge >= 0.3 is 0 Å². The van der Waals surface area contributed by atoms with E-state index in [4.69, 9.17) is 16.1 Å². The third-order valence-corrected chi connectivity index (χ3v) is 5.65. The molecule has 29 heavy (non-hydrogen) atoms. The van der Waals surface area contributed by atoms with Gasteiger partial charge in [-0.15, -0.1) is 0 Å². The summed E-state index contributed by atoms with van der Waals surface area (Å²) in [5, 5.41) is 5.50. The predicted octanol–water partition coefficient (Wildman–Crippen LogP) is 4.27. The first-order valence-corrected chi connectivity index (χ1v) is 10.3. The minimum absolute atomic E-state index is 0.0213. The fraction of sp³-hybridized carbons (Fsp3) is 0.409. The van der Waals surface area contributed by atoms with Crippen LogP contribution in [0.2, 0.25) is 5.02 Å². The maximum absolute atomic E-state index is 13.3. The number of carbonyl (C=O) groups excluding carboxylic acids is 1. The van der Waals surface area contributed by atoms with Gasteiger partial charge in [0.05, 0.1) is 16.6 Å². The Labute approximate surface area is 175 Å². The van der Waals surface area contributed by atoms with E-state index in [9.17, 15) is 4.79 Å². The zero-order valence-corrected chi connectivity index (χ0v) is 17.7. The number of rotatable bonds is 4. The lowest BCUT2D eigenvalue weighted by molar-refractivity contribution is 0.0630. The zero-order chi connectivity index (χ0) is 20.5. The lowest BCUT2D eigenvalue weighted by atomic mass is 10.0. The minimum atomic E-state index is 0.0213. The minimum Gasteiger partial charge on any atom is -0.336 e. The third-order valence-electron chi connectivity index (χ3n) is 5.41. The van der Waals surface area contributed by atoms with Gasteiger partial charge in [0.25, 0.3) is 11.6 Å². The molecule has 152 valence electrons. The summed E-state index contributed by atoms with van der Waals surface area (Å²) in [5.41, 5.74) is 3.81. The Balaban J connectivity index is 1.50. The summed E-state index contributed by atoms with van der Waals surface area (Å²) in [4.78, 5) is 22.1. The summed E-state index contributed by atoms with van der Waals surface area (Å²) in [6.07, 6.45) is 0. The highest BCUT2D eigenvalue weighted by Crippen LogP contribution is 2.26. The molecule has 1 fully saturated rings. The first-order valence-electron chi connectivity index (χ1n) is 9.95. The largest absolute Gasteiger partial charge is 0.336 e. The molecule has 0 aliphatic carbocycles.